The Labute approximate surface area is 203 Å². The average Bonchev–Trinajstić information content (AvgIpc) is 2.79. The molecule has 2 saturated heterocycles. The fraction of sp³-hybridized carbons (Fsp3) is 0.700. The number of anilines is 1. The lowest BCUT2D eigenvalue weighted by molar-refractivity contribution is 0.0200. The number of rotatable bonds is 8. The van der Waals surface area contributed by atoms with Crippen LogP contribution in [0.15, 0.2) is 29.4 Å². The van der Waals surface area contributed by atoms with Crippen molar-refractivity contribution >= 4 is 45.8 Å². The molecule has 2 aliphatic heterocycles. The van der Waals surface area contributed by atoms with Crippen LogP contribution in [0.5, 0.6) is 0 Å². The van der Waals surface area contributed by atoms with Crippen LogP contribution >= 0.6 is 24.0 Å². The third kappa shape index (κ3) is 8.70. The van der Waals surface area contributed by atoms with E-state index in [-0.39, 0.29) is 42.4 Å². The van der Waals surface area contributed by atoms with Crippen LogP contribution in [0, 0.1) is 0 Å². The van der Waals surface area contributed by atoms with E-state index in [0.717, 1.165) is 70.4 Å². The van der Waals surface area contributed by atoms with E-state index in [9.17, 15) is 8.42 Å². The smallest absolute Gasteiger partial charge is 0.213 e. The molecule has 3 rings (SSSR count). The number of aliphatic imine (C=N–C) groups is 1. The van der Waals surface area contributed by atoms with Gasteiger partial charge in [-0.1, -0.05) is 6.07 Å². The quantitative estimate of drug-likeness (QED) is 0.278. The minimum Gasteiger partial charge on any atom is -0.377 e. The maximum Gasteiger partial charge on any atom is 0.213 e. The van der Waals surface area contributed by atoms with E-state index in [4.69, 9.17) is 4.74 Å². The van der Waals surface area contributed by atoms with Crippen molar-refractivity contribution in [2.45, 2.75) is 32.3 Å². The molecule has 3 heterocycles. The molecule has 0 saturated carbocycles. The molecule has 176 valence electrons. The lowest BCUT2D eigenvalue weighted by Gasteiger charge is -2.37. The lowest BCUT2D eigenvalue weighted by atomic mass is 10.1. The Morgan fingerprint density at radius 1 is 1.26 bits per heavy atom. The fourth-order valence-corrected chi connectivity index (χ4v) is 4.56. The minimum absolute atomic E-state index is 0. The van der Waals surface area contributed by atoms with Crippen molar-refractivity contribution < 1.29 is 13.2 Å². The van der Waals surface area contributed by atoms with Gasteiger partial charge in [0.2, 0.25) is 10.0 Å². The van der Waals surface area contributed by atoms with E-state index in [0.29, 0.717) is 6.54 Å². The molecule has 31 heavy (non-hydrogen) atoms. The first kappa shape index (κ1) is 26.1. The number of guanidine groups is 1. The molecule has 2 aliphatic rings. The summed E-state index contributed by atoms with van der Waals surface area (Å²) in [5, 5.41) is 3.28. The van der Waals surface area contributed by atoms with Gasteiger partial charge in [-0.25, -0.2) is 18.1 Å². The van der Waals surface area contributed by atoms with Gasteiger partial charge in [-0.3, -0.25) is 4.99 Å². The predicted molar refractivity (Wildman–Crippen MR) is 135 cm³/mol. The van der Waals surface area contributed by atoms with Crippen molar-refractivity contribution in [2.24, 2.45) is 4.99 Å². The van der Waals surface area contributed by atoms with Crippen molar-refractivity contribution in [3.05, 3.63) is 24.4 Å². The SMILES string of the molecule is CCNC(=NCCS(=O)(=O)NCC1CCCCO1)N1CCN(c2ccccn2)CC1.I. The molecule has 1 aromatic rings. The zero-order valence-electron chi connectivity index (χ0n) is 18.2. The van der Waals surface area contributed by atoms with Crippen molar-refractivity contribution in [1.29, 1.82) is 0 Å². The van der Waals surface area contributed by atoms with E-state index in [1.807, 2.05) is 31.3 Å². The van der Waals surface area contributed by atoms with Gasteiger partial charge < -0.3 is 19.9 Å². The first-order valence-corrected chi connectivity index (χ1v) is 12.5. The van der Waals surface area contributed by atoms with Gasteiger partial charge in [0.25, 0.3) is 0 Å². The molecule has 0 aliphatic carbocycles. The Balaban J connectivity index is 0.00000341. The average molecular weight is 567 g/mol. The predicted octanol–water partition coefficient (Wildman–Crippen LogP) is 1.28. The van der Waals surface area contributed by atoms with E-state index >= 15 is 0 Å². The Morgan fingerprint density at radius 2 is 2.06 bits per heavy atom. The molecular weight excluding hydrogens is 531 g/mol. The summed E-state index contributed by atoms with van der Waals surface area (Å²) in [6.45, 7) is 7.37. The highest BCUT2D eigenvalue weighted by Gasteiger charge is 2.21. The molecule has 0 aromatic carbocycles. The number of halogens is 1. The standard InChI is InChI=1S/C20H34N6O3S.HI/c1-2-21-20(26-13-11-25(12-14-26)19-8-3-5-9-22-19)23-10-16-30(27,28)24-17-18-7-4-6-15-29-18;/h3,5,8-9,18,24H,2,4,6-7,10-17H2,1H3,(H,21,23);1H. The monoisotopic (exact) mass is 566 g/mol. The van der Waals surface area contributed by atoms with Gasteiger partial charge in [0.15, 0.2) is 5.96 Å². The number of hydrogen-bond acceptors (Lipinski definition) is 6. The van der Waals surface area contributed by atoms with Gasteiger partial charge in [-0.15, -0.1) is 24.0 Å². The summed E-state index contributed by atoms with van der Waals surface area (Å²) in [6.07, 6.45) is 4.86. The van der Waals surface area contributed by atoms with Crippen molar-refractivity contribution in [3.63, 3.8) is 0 Å². The largest absolute Gasteiger partial charge is 0.377 e. The van der Waals surface area contributed by atoms with Gasteiger partial charge in [-0.05, 0) is 38.3 Å². The summed E-state index contributed by atoms with van der Waals surface area (Å²) in [7, 11) is -3.37. The zero-order valence-corrected chi connectivity index (χ0v) is 21.3. The van der Waals surface area contributed by atoms with Crippen LogP contribution in [-0.2, 0) is 14.8 Å². The molecule has 9 nitrogen and oxygen atoms in total. The van der Waals surface area contributed by atoms with E-state index in [2.05, 4.69) is 29.8 Å². The van der Waals surface area contributed by atoms with Crippen LogP contribution < -0.4 is 14.9 Å². The highest BCUT2D eigenvalue weighted by molar-refractivity contribution is 14.0. The van der Waals surface area contributed by atoms with Crippen LogP contribution in [0.4, 0.5) is 5.82 Å². The second-order valence-corrected chi connectivity index (χ2v) is 9.48. The van der Waals surface area contributed by atoms with Gasteiger partial charge in [-0.2, -0.15) is 0 Å². The number of ether oxygens (including phenoxy) is 1. The maximum atomic E-state index is 12.3. The molecule has 2 fully saturated rings. The lowest BCUT2D eigenvalue weighted by Crippen LogP contribution is -2.52. The molecule has 11 heteroatoms. The normalized spacial score (nSPS) is 20.3. The van der Waals surface area contributed by atoms with Gasteiger partial charge in [0.05, 0.1) is 18.4 Å². The molecule has 1 atom stereocenters. The highest BCUT2D eigenvalue weighted by Crippen LogP contribution is 2.13. The third-order valence-corrected chi connectivity index (χ3v) is 6.64. The number of pyridine rings is 1. The summed E-state index contributed by atoms with van der Waals surface area (Å²) >= 11 is 0. The number of piperazine rings is 1. The summed E-state index contributed by atoms with van der Waals surface area (Å²) in [5.74, 6) is 1.73. The fourth-order valence-electron chi connectivity index (χ4n) is 3.65. The zero-order chi connectivity index (χ0) is 21.2. The summed E-state index contributed by atoms with van der Waals surface area (Å²) in [6, 6.07) is 5.93. The first-order valence-electron chi connectivity index (χ1n) is 10.9. The molecule has 0 amide bonds. The second kappa shape index (κ2) is 13.4. The minimum atomic E-state index is -3.37. The van der Waals surface area contributed by atoms with Crippen LogP contribution in [0.25, 0.3) is 0 Å². The van der Waals surface area contributed by atoms with E-state index < -0.39 is 10.0 Å². The van der Waals surface area contributed by atoms with Crippen LogP contribution in [0.1, 0.15) is 26.2 Å². The van der Waals surface area contributed by atoms with Crippen LogP contribution in [-0.4, -0.2) is 88.5 Å². The highest BCUT2D eigenvalue weighted by atomic mass is 127. The van der Waals surface area contributed by atoms with Crippen molar-refractivity contribution in [3.8, 4) is 0 Å². The molecule has 0 spiro atoms. The maximum absolute atomic E-state index is 12.3. The third-order valence-electron chi connectivity index (χ3n) is 5.31. The van der Waals surface area contributed by atoms with Gasteiger partial charge in [0.1, 0.15) is 5.82 Å². The molecule has 1 aromatic heterocycles. The summed E-state index contributed by atoms with van der Waals surface area (Å²) < 4.78 is 32.9. The number of hydrogen-bond donors (Lipinski definition) is 2. The molecule has 1 unspecified atom stereocenters. The Kier molecular flexibility index (Phi) is 11.3. The Bertz CT molecular complexity index is 766. The Hall–Kier alpha value is -1.18. The van der Waals surface area contributed by atoms with Crippen molar-refractivity contribution in [1.82, 2.24) is 19.9 Å². The van der Waals surface area contributed by atoms with Gasteiger partial charge >= 0.3 is 0 Å². The van der Waals surface area contributed by atoms with Crippen LogP contribution in [0.3, 0.4) is 0 Å². The van der Waals surface area contributed by atoms with E-state index in [1.165, 1.54) is 0 Å². The molecular formula is C20H35IN6O3S. The number of aromatic nitrogens is 1. The number of nitrogens with one attached hydrogen (secondary N) is 2. The van der Waals surface area contributed by atoms with Crippen LogP contribution in [0.2, 0.25) is 0 Å². The molecule has 2 N–H and O–H groups in total. The summed E-state index contributed by atoms with van der Waals surface area (Å²) in [4.78, 5) is 13.4. The number of nitrogens with zero attached hydrogens (tertiary/aromatic N) is 4. The van der Waals surface area contributed by atoms with E-state index in [1.54, 1.807) is 0 Å². The van der Waals surface area contributed by atoms with Gasteiger partial charge in [0, 0.05) is 52.1 Å². The Morgan fingerprint density at radius 3 is 2.71 bits per heavy atom. The first-order chi connectivity index (χ1) is 14.6. The molecule has 0 radical (unpaired) electrons. The van der Waals surface area contributed by atoms with Crippen molar-refractivity contribution in [2.75, 3.05) is 63.1 Å². The topological polar surface area (TPSA) is 99.2 Å². The number of sulfonamides is 1. The second-order valence-electron chi connectivity index (χ2n) is 7.55. The summed E-state index contributed by atoms with van der Waals surface area (Å²) in [5.41, 5.74) is 0. The molecule has 0 bridgehead atoms.